The van der Waals surface area contributed by atoms with E-state index in [0.29, 0.717) is 6.42 Å². The monoisotopic (exact) mass is 280 g/mol. The van der Waals surface area contributed by atoms with Crippen LogP contribution in [-0.2, 0) is 16.8 Å². The number of rotatable bonds is 0. The summed E-state index contributed by atoms with van der Waals surface area (Å²) in [5, 5.41) is 5.05. The molecule has 0 bridgehead atoms. The van der Waals surface area contributed by atoms with Crippen LogP contribution in [0.25, 0.3) is 0 Å². The molecule has 1 aliphatic carbocycles. The van der Waals surface area contributed by atoms with E-state index in [4.69, 9.17) is 0 Å². The molecule has 3 rings (SSSR count). The van der Waals surface area contributed by atoms with Crippen LogP contribution in [-0.4, -0.2) is 11.9 Å². The fraction of sp³-hybridized carbons (Fsp3) is 0.273. The maximum atomic E-state index is 11.9. The molecule has 0 saturated carbocycles. The largest absolute Gasteiger partial charge is 0.322 e. The first-order chi connectivity index (χ1) is 7.63. The van der Waals surface area contributed by atoms with E-state index in [1.54, 1.807) is 0 Å². The van der Waals surface area contributed by atoms with Crippen LogP contribution in [0.3, 0.4) is 0 Å². The van der Waals surface area contributed by atoms with Gasteiger partial charge in [0.25, 0.3) is 5.91 Å². The molecule has 3 amide bonds. The molecule has 5 heteroatoms. The summed E-state index contributed by atoms with van der Waals surface area (Å²) in [7, 11) is 0. The first-order valence-electron chi connectivity index (χ1n) is 5.05. The van der Waals surface area contributed by atoms with E-state index in [9.17, 15) is 9.59 Å². The Bertz CT molecular complexity index is 515. The lowest BCUT2D eigenvalue weighted by atomic mass is 9.92. The standard InChI is InChI=1S/C11H9BrN2O2/c12-8-3-1-2-7-6(8)4-5-11(7)9(15)13-10(16)14-11/h1-3H,4-5H2,(H2,13,14,15,16). The number of benzene rings is 1. The second-order valence-electron chi connectivity index (χ2n) is 4.08. The van der Waals surface area contributed by atoms with Crippen molar-refractivity contribution in [2.75, 3.05) is 0 Å². The molecule has 16 heavy (non-hydrogen) atoms. The third kappa shape index (κ3) is 1.09. The maximum absolute atomic E-state index is 11.9. The van der Waals surface area contributed by atoms with Crippen LogP contribution in [0, 0.1) is 0 Å². The average molecular weight is 281 g/mol. The van der Waals surface area contributed by atoms with Crippen molar-refractivity contribution in [2.24, 2.45) is 0 Å². The van der Waals surface area contributed by atoms with Crippen molar-refractivity contribution in [1.29, 1.82) is 0 Å². The molecular weight excluding hydrogens is 272 g/mol. The molecule has 2 aliphatic rings. The number of fused-ring (bicyclic) bond motifs is 2. The fourth-order valence-corrected chi connectivity index (χ4v) is 3.08. The molecule has 4 nitrogen and oxygen atoms in total. The van der Waals surface area contributed by atoms with Crippen molar-refractivity contribution in [3.63, 3.8) is 0 Å². The molecule has 0 radical (unpaired) electrons. The summed E-state index contributed by atoms with van der Waals surface area (Å²) in [6, 6.07) is 5.33. The Hall–Kier alpha value is -1.36. The topological polar surface area (TPSA) is 58.2 Å². The lowest BCUT2D eigenvalue weighted by molar-refractivity contribution is -0.124. The van der Waals surface area contributed by atoms with Crippen LogP contribution in [0.4, 0.5) is 4.79 Å². The zero-order chi connectivity index (χ0) is 11.3. The third-order valence-corrected chi connectivity index (χ3v) is 4.01. The Balaban J connectivity index is 2.19. The third-order valence-electron chi connectivity index (χ3n) is 3.27. The van der Waals surface area contributed by atoms with Crippen molar-refractivity contribution in [1.82, 2.24) is 10.6 Å². The first-order valence-corrected chi connectivity index (χ1v) is 5.84. The number of urea groups is 1. The van der Waals surface area contributed by atoms with E-state index in [-0.39, 0.29) is 5.91 Å². The Kier molecular flexibility index (Phi) is 1.89. The Morgan fingerprint density at radius 2 is 2.12 bits per heavy atom. The van der Waals surface area contributed by atoms with Gasteiger partial charge in [-0.3, -0.25) is 10.1 Å². The summed E-state index contributed by atoms with van der Waals surface area (Å²) < 4.78 is 0.996. The highest BCUT2D eigenvalue weighted by Gasteiger charge is 2.51. The number of halogens is 1. The highest BCUT2D eigenvalue weighted by atomic mass is 79.9. The highest BCUT2D eigenvalue weighted by Crippen LogP contribution is 2.41. The second-order valence-corrected chi connectivity index (χ2v) is 4.93. The van der Waals surface area contributed by atoms with Crippen LogP contribution in [0.1, 0.15) is 17.5 Å². The molecule has 1 heterocycles. The van der Waals surface area contributed by atoms with Crippen LogP contribution in [0.15, 0.2) is 22.7 Å². The zero-order valence-corrected chi connectivity index (χ0v) is 9.93. The molecule has 1 fully saturated rings. The molecule has 1 aromatic rings. The van der Waals surface area contributed by atoms with Gasteiger partial charge in [0, 0.05) is 4.47 Å². The minimum absolute atomic E-state index is 0.241. The van der Waals surface area contributed by atoms with Gasteiger partial charge in [-0.15, -0.1) is 0 Å². The van der Waals surface area contributed by atoms with Crippen LogP contribution >= 0.6 is 15.9 Å². The minimum atomic E-state index is -0.837. The Labute approximate surface area is 101 Å². The predicted octanol–water partition coefficient (Wildman–Crippen LogP) is 1.43. The normalized spacial score (nSPS) is 26.8. The number of hydrogen-bond donors (Lipinski definition) is 2. The van der Waals surface area contributed by atoms with Gasteiger partial charge >= 0.3 is 6.03 Å². The van der Waals surface area contributed by atoms with E-state index >= 15 is 0 Å². The molecule has 1 aliphatic heterocycles. The van der Waals surface area contributed by atoms with Gasteiger partial charge < -0.3 is 5.32 Å². The summed E-state index contributed by atoms with van der Waals surface area (Å²) in [4.78, 5) is 23.1. The number of carbonyl (C=O) groups is 2. The number of hydrogen-bond acceptors (Lipinski definition) is 2. The quantitative estimate of drug-likeness (QED) is 0.707. The van der Waals surface area contributed by atoms with E-state index in [1.165, 1.54) is 0 Å². The Morgan fingerprint density at radius 1 is 1.31 bits per heavy atom. The van der Waals surface area contributed by atoms with Gasteiger partial charge in [-0.05, 0) is 30.0 Å². The summed E-state index contributed by atoms with van der Waals surface area (Å²) in [6.45, 7) is 0. The van der Waals surface area contributed by atoms with E-state index in [0.717, 1.165) is 22.0 Å². The fourth-order valence-electron chi connectivity index (χ4n) is 2.52. The predicted molar refractivity (Wildman–Crippen MR) is 60.8 cm³/mol. The number of amides is 3. The lowest BCUT2D eigenvalue weighted by Crippen LogP contribution is -2.41. The van der Waals surface area contributed by atoms with Crippen LogP contribution < -0.4 is 10.6 Å². The average Bonchev–Trinajstić information content (AvgIpc) is 2.72. The number of nitrogens with one attached hydrogen (secondary N) is 2. The Morgan fingerprint density at radius 3 is 2.81 bits per heavy atom. The number of carbonyl (C=O) groups excluding carboxylic acids is 2. The van der Waals surface area contributed by atoms with Gasteiger partial charge in [0.05, 0.1) is 0 Å². The van der Waals surface area contributed by atoms with Crippen LogP contribution in [0.2, 0.25) is 0 Å². The maximum Gasteiger partial charge on any atom is 0.322 e. The van der Waals surface area contributed by atoms with E-state index < -0.39 is 11.6 Å². The molecule has 2 N–H and O–H groups in total. The molecule has 1 atom stereocenters. The molecule has 0 aromatic heterocycles. The molecular formula is C11H9BrN2O2. The van der Waals surface area contributed by atoms with Gasteiger partial charge in [0.2, 0.25) is 0 Å². The van der Waals surface area contributed by atoms with Gasteiger partial charge in [0.1, 0.15) is 5.54 Å². The minimum Gasteiger partial charge on any atom is -0.319 e. The molecule has 1 aromatic carbocycles. The molecule has 1 spiro atoms. The van der Waals surface area contributed by atoms with Crippen molar-refractivity contribution in [2.45, 2.75) is 18.4 Å². The summed E-state index contributed by atoms with van der Waals surface area (Å²) in [5.74, 6) is -0.241. The van der Waals surface area contributed by atoms with E-state index in [1.807, 2.05) is 18.2 Å². The summed E-state index contributed by atoms with van der Waals surface area (Å²) in [5.41, 5.74) is 1.18. The lowest BCUT2D eigenvalue weighted by Gasteiger charge is -2.20. The molecule has 1 saturated heterocycles. The van der Waals surface area contributed by atoms with Gasteiger partial charge in [-0.2, -0.15) is 0 Å². The van der Waals surface area contributed by atoms with E-state index in [2.05, 4.69) is 26.6 Å². The van der Waals surface area contributed by atoms with Crippen molar-refractivity contribution in [3.8, 4) is 0 Å². The van der Waals surface area contributed by atoms with Gasteiger partial charge in [-0.1, -0.05) is 28.1 Å². The van der Waals surface area contributed by atoms with Gasteiger partial charge in [0.15, 0.2) is 0 Å². The van der Waals surface area contributed by atoms with Crippen molar-refractivity contribution < 1.29 is 9.59 Å². The highest BCUT2D eigenvalue weighted by molar-refractivity contribution is 9.10. The van der Waals surface area contributed by atoms with Crippen molar-refractivity contribution >= 4 is 27.9 Å². The molecule has 1 unspecified atom stereocenters. The number of imide groups is 1. The summed E-state index contributed by atoms with van der Waals surface area (Å²) >= 11 is 3.47. The smallest absolute Gasteiger partial charge is 0.319 e. The van der Waals surface area contributed by atoms with Crippen molar-refractivity contribution in [3.05, 3.63) is 33.8 Å². The van der Waals surface area contributed by atoms with Crippen LogP contribution in [0.5, 0.6) is 0 Å². The second kappa shape index (κ2) is 3.07. The summed E-state index contributed by atoms with van der Waals surface area (Å²) in [6.07, 6.45) is 1.42. The SMILES string of the molecule is O=C1NC(=O)C2(CCc3c(Br)cccc32)N1. The first kappa shape index (κ1) is 9.84. The zero-order valence-electron chi connectivity index (χ0n) is 8.34. The molecule has 82 valence electrons. The van der Waals surface area contributed by atoms with Gasteiger partial charge in [-0.25, -0.2) is 4.79 Å².